The van der Waals surface area contributed by atoms with Crippen molar-refractivity contribution in [3.63, 3.8) is 0 Å². The van der Waals surface area contributed by atoms with Crippen LogP contribution in [0.15, 0.2) is 10.7 Å². The van der Waals surface area contributed by atoms with Crippen molar-refractivity contribution in [2.75, 3.05) is 6.61 Å². The van der Waals surface area contributed by atoms with Gasteiger partial charge in [-0.2, -0.15) is 0 Å². The van der Waals surface area contributed by atoms with Gasteiger partial charge in [-0.1, -0.05) is 15.9 Å². The fourth-order valence-electron chi connectivity index (χ4n) is 1.18. The number of hydrogen-bond acceptors (Lipinski definition) is 3. The van der Waals surface area contributed by atoms with Crippen molar-refractivity contribution in [1.29, 1.82) is 0 Å². The van der Waals surface area contributed by atoms with Crippen LogP contribution in [0.4, 0.5) is 8.78 Å². The highest BCUT2D eigenvalue weighted by atomic mass is 79.9. The first-order valence-electron chi connectivity index (χ1n) is 4.71. The highest BCUT2D eigenvalue weighted by Gasteiger charge is 2.20. The third kappa shape index (κ3) is 3.45. The van der Waals surface area contributed by atoms with E-state index in [0.717, 1.165) is 6.07 Å². The van der Waals surface area contributed by atoms with E-state index in [9.17, 15) is 13.6 Å². The Morgan fingerprint density at radius 3 is 2.71 bits per heavy atom. The maximum atomic E-state index is 12.7. The van der Waals surface area contributed by atoms with Crippen LogP contribution >= 0.6 is 31.9 Å². The lowest BCUT2D eigenvalue weighted by Gasteiger charge is -2.10. The van der Waals surface area contributed by atoms with Crippen molar-refractivity contribution in [3.8, 4) is 0 Å². The molecule has 0 unspecified atom stereocenters. The molecule has 0 amide bonds. The van der Waals surface area contributed by atoms with E-state index < -0.39 is 12.4 Å². The molecular weight excluding hydrogens is 364 g/mol. The van der Waals surface area contributed by atoms with E-state index in [1.54, 1.807) is 6.92 Å². The number of pyridine rings is 1. The number of ether oxygens (including phenoxy) is 1. The van der Waals surface area contributed by atoms with E-state index in [4.69, 9.17) is 4.74 Å². The second-order valence-electron chi connectivity index (χ2n) is 3.02. The van der Waals surface area contributed by atoms with Gasteiger partial charge in [0.15, 0.2) is 0 Å². The van der Waals surface area contributed by atoms with Crippen LogP contribution < -0.4 is 0 Å². The minimum Gasteiger partial charge on any atom is -0.462 e. The molecule has 0 aliphatic carbocycles. The predicted molar refractivity (Wildman–Crippen MR) is 65.5 cm³/mol. The quantitative estimate of drug-likeness (QED) is 0.457. The molecule has 7 heteroatoms. The third-order valence-corrected chi connectivity index (χ3v) is 3.11. The summed E-state index contributed by atoms with van der Waals surface area (Å²) in [7, 11) is 0. The lowest BCUT2D eigenvalue weighted by molar-refractivity contribution is 0.0524. The molecule has 0 aliphatic rings. The van der Waals surface area contributed by atoms with E-state index in [2.05, 4.69) is 36.8 Å². The summed E-state index contributed by atoms with van der Waals surface area (Å²) in [5.41, 5.74) is 0.0969. The number of halogens is 4. The van der Waals surface area contributed by atoms with E-state index in [0.29, 0.717) is 5.69 Å². The number of hydrogen-bond donors (Lipinski definition) is 0. The molecule has 0 aliphatic heterocycles. The number of aromatic nitrogens is 1. The maximum Gasteiger partial charge on any atom is 0.340 e. The van der Waals surface area contributed by atoms with Crippen LogP contribution in [0.1, 0.15) is 35.0 Å². The number of carbonyl (C=O) groups excluding carboxylic acids is 1. The van der Waals surface area contributed by atoms with Crippen LogP contribution in [0.2, 0.25) is 0 Å². The van der Waals surface area contributed by atoms with Crippen LogP contribution in [0.5, 0.6) is 0 Å². The zero-order chi connectivity index (χ0) is 13.0. The van der Waals surface area contributed by atoms with Crippen molar-refractivity contribution in [2.24, 2.45) is 0 Å². The van der Waals surface area contributed by atoms with Gasteiger partial charge in [0.25, 0.3) is 6.43 Å². The molecule has 0 bridgehead atoms. The van der Waals surface area contributed by atoms with Crippen LogP contribution in [0, 0.1) is 0 Å². The topological polar surface area (TPSA) is 39.2 Å². The lowest BCUT2D eigenvalue weighted by atomic mass is 10.1. The van der Waals surface area contributed by atoms with Crippen molar-refractivity contribution < 1.29 is 18.3 Å². The Balaban J connectivity index is 3.26. The van der Waals surface area contributed by atoms with Gasteiger partial charge >= 0.3 is 5.97 Å². The summed E-state index contributed by atoms with van der Waals surface area (Å²) < 4.78 is 30.1. The average Bonchev–Trinajstić information content (AvgIpc) is 2.28. The highest BCUT2D eigenvalue weighted by molar-refractivity contribution is 9.10. The predicted octanol–water partition coefficient (Wildman–Crippen LogP) is 3.85. The summed E-state index contributed by atoms with van der Waals surface area (Å²) >= 11 is 6.09. The first kappa shape index (κ1) is 14.5. The van der Waals surface area contributed by atoms with Gasteiger partial charge in [-0.05, 0) is 28.9 Å². The summed E-state index contributed by atoms with van der Waals surface area (Å²) in [6.07, 6.45) is -2.70. The summed E-state index contributed by atoms with van der Waals surface area (Å²) in [5.74, 6) is -0.649. The van der Waals surface area contributed by atoms with Crippen molar-refractivity contribution in [3.05, 3.63) is 27.5 Å². The van der Waals surface area contributed by atoms with Crippen molar-refractivity contribution >= 4 is 37.8 Å². The maximum absolute atomic E-state index is 12.7. The first-order chi connectivity index (χ1) is 8.01. The molecule has 1 aromatic rings. The summed E-state index contributed by atoms with van der Waals surface area (Å²) in [6.45, 7) is 1.83. The number of rotatable bonds is 4. The molecule has 17 heavy (non-hydrogen) atoms. The molecule has 0 aromatic carbocycles. The standard InChI is InChI=1S/C10H9Br2F2NO2/c1-2-17-10(16)5-3-6(9(13)14)8(12)15-7(5)4-11/h3,9H,2,4H2,1H3. The number of carbonyl (C=O) groups is 1. The molecule has 0 saturated carbocycles. The van der Waals surface area contributed by atoms with E-state index in [-0.39, 0.29) is 27.7 Å². The molecule has 0 radical (unpaired) electrons. The Hall–Kier alpha value is -0.560. The zero-order valence-corrected chi connectivity index (χ0v) is 12.0. The van der Waals surface area contributed by atoms with Crippen molar-refractivity contribution in [2.45, 2.75) is 18.7 Å². The first-order valence-corrected chi connectivity index (χ1v) is 6.63. The Labute approximate surface area is 114 Å². The fourth-order valence-corrected chi connectivity index (χ4v) is 2.11. The minimum atomic E-state index is -2.70. The minimum absolute atomic E-state index is 0.0370. The molecule has 0 saturated heterocycles. The molecule has 0 N–H and O–H groups in total. The second-order valence-corrected chi connectivity index (χ2v) is 4.33. The highest BCUT2D eigenvalue weighted by Crippen LogP contribution is 2.28. The third-order valence-electron chi connectivity index (χ3n) is 1.94. The van der Waals surface area contributed by atoms with Gasteiger partial charge in [0.2, 0.25) is 0 Å². The SMILES string of the molecule is CCOC(=O)c1cc(C(F)F)c(Br)nc1CBr. The monoisotopic (exact) mass is 371 g/mol. The molecular formula is C10H9Br2F2NO2. The fraction of sp³-hybridized carbons (Fsp3) is 0.400. The van der Waals surface area contributed by atoms with Gasteiger partial charge < -0.3 is 4.74 Å². The second kappa shape index (κ2) is 6.39. The van der Waals surface area contributed by atoms with Crippen LogP contribution in [0.25, 0.3) is 0 Å². The molecule has 0 spiro atoms. The van der Waals surface area contributed by atoms with E-state index in [1.165, 1.54) is 0 Å². The Bertz CT molecular complexity index is 427. The molecule has 1 rings (SSSR count). The number of nitrogens with zero attached hydrogens (tertiary/aromatic N) is 1. The van der Waals surface area contributed by atoms with Gasteiger partial charge in [-0.15, -0.1) is 0 Å². The molecule has 1 heterocycles. The molecule has 0 fully saturated rings. The Morgan fingerprint density at radius 2 is 2.24 bits per heavy atom. The van der Waals surface area contributed by atoms with Crippen LogP contribution in [-0.2, 0) is 10.1 Å². The largest absolute Gasteiger partial charge is 0.462 e. The van der Waals surface area contributed by atoms with Gasteiger partial charge in [-0.3, -0.25) is 0 Å². The van der Waals surface area contributed by atoms with Gasteiger partial charge in [0, 0.05) is 5.33 Å². The number of esters is 1. The van der Waals surface area contributed by atoms with Gasteiger partial charge in [-0.25, -0.2) is 18.6 Å². The lowest BCUT2D eigenvalue weighted by Crippen LogP contribution is -2.10. The molecule has 1 aromatic heterocycles. The van der Waals surface area contributed by atoms with Crippen LogP contribution in [0.3, 0.4) is 0 Å². The van der Waals surface area contributed by atoms with Gasteiger partial charge in [0.1, 0.15) is 4.60 Å². The summed E-state index contributed by atoms with van der Waals surface area (Å²) in [6, 6.07) is 1.11. The summed E-state index contributed by atoms with van der Waals surface area (Å²) in [4.78, 5) is 15.5. The number of alkyl halides is 3. The van der Waals surface area contributed by atoms with Gasteiger partial charge in [0.05, 0.1) is 23.4 Å². The normalized spacial score (nSPS) is 10.7. The average molecular weight is 373 g/mol. The van der Waals surface area contributed by atoms with E-state index in [1.807, 2.05) is 0 Å². The Morgan fingerprint density at radius 1 is 1.59 bits per heavy atom. The van der Waals surface area contributed by atoms with Crippen molar-refractivity contribution in [1.82, 2.24) is 4.98 Å². The van der Waals surface area contributed by atoms with E-state index >= 15 is 0 Å². The Kier molecular flexibility index (Phi) is 5.45. The zero-order valence-electron chi connectivity index (χ0n) is 8.84. The smallest absolute Gasteiger partial charge is 0.340 e. The summed E-state index contributed by atoms with van der Waals surface area (Å²) in [5, 5.41) is 0.281. The molecule has 3 nitrogen and oxygen atoms in total. The van der Waals surface area contributed by atoms with Crippen LogP contribution in [-0.4, -0.2) is 17.6 Å². The molecule has 0 atom stereocenters. The molecule has 94 valence electrons.